The lowest BCUT2D eigenvalue weighted by molar-refractivity contribution is -0.144. The molecule has 3 heterocycles. The summed E-state index contributed by atoms with van der Waals surface area (Å²) in [4.78, 5) is 4.53. The second-order valence-electron chi connectivity index (χ2n) is 24.1. The molecule has 0 saturated heterocycles. The average molecular weight is 1480 g/mol. The van der Waals surface area contributed by atoms with Gasteiger partial charge in [0.1, 0.15) is 0 Å². The summed E-state index contributed by atoms with van der Waals surface area (Å²) < 4.78 is 405. The van der Waals surface area contributed by atoms with E-state index < -0.39 is 208 Å². The molecule has 1 aliphatic carbocycles. The molecule has 536 valence electrons. The monoisotopic (exact) mass is 1480 g/mol. The number of hydrogen-bond acceptors (Lipinski definition) is 1. The van der Waals surface area contributed by atoms with E-state index in [4.69, 9.17) is 0 Å². The summed E-state index contributed by atoms with van der Waals surface area (Å²) in [6.07, 6.45) is -50.1. The fourth-order valence-electron chi connectivity index (χ4n) is 13.1. The highest BCUT2D eigenvalue weighted by molar-refractivity contribution is 6.12. The molecule has 0 radical (unpaired) electrons. The molecular formula is C74H36F27N3. The van der Waals surface area contributed by atoms with Crippen molar-refractivity contribution in [1.82, 2.24) is 14.1 Å². The van der Waals surface area contributed by atoms with Gasteiger partial charge in [0.05, 0.1) is 95.1 Å². The molecule has 104 heavy (non-hydrogen) atoms. The lowest BCUT2D eigenvalue weighted by Crippen LogP contribution is -2.15. The minimum atomic E-state index is -5.65. The molecule has 0 aliphatic heterocycles. The van der Waals surface area contributed by atoms with E-state index in [2.05, 4.69) is 4.98 Å². The predicted molar refractivity (Wildman–Crippen MR) is 330 cm³/mol. The molecule has 0 amide bonds. The van der Waals surface area contributed by atoms with Crippen LogP contribution in [-0.2, 0) is 62.0 Å². The normalized spacial score (nSPS) is 13.9. The van der Waals surface area contributed by atoms with E-state index in [9.17, 15) is 52.7 Å². The summed E-state index contributed by atoms with van der Waals surface area (Å²) in [7, 11) is 0. The van der Waals surface area contributed by atoms with Crippen molar-refractivity contribution in [3.05, 3.63) is 255 Å². The molecule has 0 bridgehead atoms. The van der Waals surface area contributed by atoms with Gasteiger partial charge in [-0.3, -0.25) is 0 Å². The van der Waals surface area contributed by atoms with E-state index in [0.717, 1.165) is 81.9 Å². The van der Waals surface area contributed by atoms with Crippen molar-refractivity contribution in [1.29, 1.82) is 0 Å². The van der Waals surface area contributed by atoms with Gasteiger partial charge in [0, 0.05) is 27.3 Å². The van der Waals surface area contributed by atoms with Crippen LogP contribution in [0.2, 0.25) is 0 Å². The Morgan fingerprint density at radius 3 is 1.02 bits per heavy atom. The number of rotatable bonds is 8. The highest BCUT2D eigenvalue weighted by Gasteiger charge is 2.45. The molecule has 0 fully saturated rings. The van der Waals surface area contributed by atoms with E-state index in [1.54, 1.807) is 6.07 Å². The Labute approximate surface area is 566 Å². The summed E-state index contributed by atoms with van der Waals surface area (Å²) in [5.41, 5.74) is -28.4. The van der Waals surface area contributed by atoms with E-state index >= 15 is 65.9 Å². The van der Waals surface area contributed by atoms with E-state index in [1.807, 2.05) is 0 Å². The maximum atomic E-state index is 16.7. The summed E-state index contributed by atoms with van der Waals surface area (Å²) in [6, 6.07) is 22.4. The number of allylic oxidation sites excluding steroid dienone is 1. The number of alkyl halides is 27. The first kappa shape index (κ1) is 71.7. The third-order valence-electron chi connectivity index (χ3n) is 17.7. The minimum absolute atomic E-state index is 0.0272. The Balaban J connectivity index is 1.24. The van der Waals surface area contributed by atoms with Crippen LogP contribution in [0, 0.1) is 0 Å². The Morgan fingerprint density at radius 2 is 0.615 bits per heavy atom. The second-order valence-corrected chi connectivity index (χ2v) is 24.1. The van der Waals surface area contributed by atoms with Gasteiger partial charge >= 0.3 is 55.6 Å². The minimum Gasteiger partial charge on any atom is -0.307 e. The molecule has 0 N–H and O–H groups in total. The first-order chi connectivity index (χ1) is 48.2. The quantitative estimate of drug-likeness (QED) is 0.139. The maximum Gasteiger partial charge on any atom is 0.417 e. The topological polar surface area (TPSA) is 22.8 Å². The van der Waals surface area contributed by atoms with Crippen LogP contribution in [0.1, 0.15) is 73.3 Å². The standard InChI is InChI=1S/C74H36F27N3/c75-66(76,77)40-13-21-44(53(29-40)70(87,88)89)36-9-17-48-49-18-10-37(45-22-14-41(67(78,79)80)30-54(45)71(90,91)92)26-61(49)103(60(48)25-36)64-33-52(59-8-4-7-58(102-59)35-5-2-1-3-6-35)57(74(99,100)101)34-65(64)104-62-27-38(46-23-15-42(68(81,82)83)31-55(46)72(93,94)95)11-19-50(62)51-20-12-39(28-63(51)104)47-24-16-43(69(84,85)86)32-56(47)73(96,97)98/h1-11,13-19,21-34H,12,20H2. The van der Waals surface area contributed by atoms with E-state index in [0.29, 0.717) is 30.3 Å². The van der Waals surface area contributed by atoms with Crippen LogP contribution in [0.4, 0.5) is 119 Å². The van der Waals surface area contributed by atoms with Gasteiger partial charge in [0.25, 0.3) is 0 Å². The van der Waals surface area contributed by atoms with Crippen molar-refractivity contribution < 1.29 is 119 Å². The summed E-state index contributed by atoms with van der Waals surface area (Å²) in [5.74, 6) is 0. The zero-order valence-electron chi connectivity index (χ0n) is 51.4. The SMILES string of the molecule is FC(F)(F)c1ccc(C2=Cc3c(c4ccc(-c5ccc(C(F)(F)F)cc5C(F)(F)F)cc4n3-c3cc(C(F)(F)F)c(-c4cccc(-c5ccccc5)n4)cc3-n3c4cc(-c5ccc(C(F)(F)F)cc5C(F)(F)F)ccc4c4ccc(-c5ccc(C(F)(F)F)cc5C(F)(F)F)cc43)CC2)c(C(F)(F)F)c1. The number of aromatic nitrogens is 3. The lowest BCUT2D eigenvalue weighted by Gasteiger charge is -2.24. The zero-order valence-corrected chi connectivity index (χ0v) is 51.4. The fraction of sp³-hybridized carbons (Fsp3) is 0.149. The molecule has 0 atom stereocenters. The number of aryl methyl sites for hydroxylation is 1. The van der Waals surface area contributed by atoms with Gasteiger partial charge in [0.2, 0.25) is 0 Å². The number of fused-ring (bicyclic) bond motifs is 6. The van der Waals surface area contributed by atoms with Crippen LogP contribution in [0.5, 0.6) is 0 Å². The smallest absolute Gasteiger partial charge is 0.307 e. The van der Waals surface area contributed by atoms with E-state index in [-0.39, 0.29) is 81.5 Å². The third-order valence-corrected chi connectivity index (χ3v) is 17.7. The van der Waals surface area contributed by atoms with Crippen molar-refractivity contribution in [2.45, 2.75) is 68.4 Å². The molecule has 0 saturated carbocycles. The Kier molecular flexibility index (Phi) is 16.9. The van der Waals surface area contributed by atoms with Crippen molar-refractivity contribution in [3.8, 4) is 67.3 Å². The first-order valence-corrected chi connectivity index (χ1v) is 30.2. The van der Waals surface area contributed by atoms with Gasteiger partial charge in [0.15, 0.2) is 0 Å². The van der Waals surface area contributed by atoms with Gasteiger partial charge in [-0.05, 0) is 160 Å². The first-order valence-electron chi connectivity index (χ1n) is 30.2. The van der Waals surface area contributed by atoms with Gasteiger partial charge in [-0.15, -0.1) is 0 Å². The van der Waals surface area contributed by atoms with E-state index in [1.165, 1.54) is 36.4 Å². The number of benzene rings is 9. The fourth-order valence-corrected chi connectivity index (χ4v) is 13.1. The van der Waals surface area contributed by atoms with Crippen LogP contribution < -0.4 is 0 Å². The van der Waals surface area contributed by atoms with Crippen LogP contribution in [0.15, 0.2) is 188 Å². The van der Waals surface area contributed by atoms with Crippen LogP contribution in [0.25, 0.3) is 112 Å². The lowest BCUT2D eigenvalue weighted by atomic mass is 9.87. The Morgan fingerprint density at radius 1 is 0.260 bits per heavy atom. The van der Waals surface area contributed by atoms with Gasteiger partial charge in [-0.25, -0.2) is 4.98 Å². The summed E-state index contributed by atoms with van der Waals surface area (Å²) in [6.45, 7) is 0. The molecular weight excluding hydrogens is 1440 g/mol. The molecule has 1 aliphatic rings. The maximum absolute atomic E-state index is 16.7. The summed E-state index contributed by atoms with van der Waals surface area (Å²) in [5, 5.41) is -0.633. The average Bonchev–Trinajstić information content (AvgIpc) is 1.54. The Bertz CT molecular complexity index is 5340. The van der Waals surface area contributed by atoms with Crippen LogP contribution >= 0.6 is 0 Å². The van der Waals surface area contributed by atoms with Gasteiger partial charge < -0.3 is 9.13 Å². The van der Waals surface area contributed by atoms with Gasteiger partial charge in [-0.1, -0.05) is 97.1 Å². The van der Waals surface area contributed by atoms with Crippen LogP contribution in [-0.4, -0.2) is 14.1 Å². The van der Waals surface area contributed by atoms with Crippen molar-refractivity contribution >= 4 is 44.4 Å². The molecule has 0 spiro atoms. The molecule has 0 unspecified atom stereocenters. The largest absolute Gasteiger partial charge is 0.417 e. The number of nitrogens with zero attached hydrogens (tertiary/aromatic N) is 3. The molecule has 30 heteroatoms. The zero-order chi connectivity index (χ0) is 75.3. The summed E-state index contributed by atoms with van der Waals surface area (Å²) >= 11 is 0. The van der Waals surface area contributed by atoms with Crippen molar-refractivity contribution in [2.24, 2.45) is 0 Å². The van der Waals surface area contributed by atoms with Gasteiger partial charge in [-0.2, -0.15) is 119 Å². The number of pyridine rings is 1. The highest BCUT2D eigenvalue weighted by atomic mass is 19.4. The number of halogens is 27. The van der Waals surface area contributed by atoms with Crippen LogP contribution in [0.3, 0.4) is 0 Å². The molecule has 3 aromatic heterocycles. The molecule has 3 nitrogen and oxygen atoms in total. The molecule has 12 aromatic rings. The molecule has 13 rings (SSSR count). The van der Waals surface area contributed by atoms with Crippen molar-refractivity contribution in [3.63, 3.8) is 0 Å². The third kappa shape index (κ3) is 13.2. The Hall–Kier alpha value is -10.7. The van der Waals surface area contributed by atoms with Crippen molar-refractivity contribution in [2.75, 3.05) is 0 Å². The second kappa shape index (κ2) is 24.5. The number of hydrogen-bond donors (Lipinski definition) is 0. The molecule has 9 aromatic carbocycles. The predicted octanol–water partition coefficient (Wildman–Crippen LogP) is 26.1. The highest BCUT2D eigenvalue weighted by Crippen LogP contribution is 2.52.